The monoisotopic (exact) mass is 273 g/mol. The highest BCUT2D eigenvalue weighted by Gasteiger charge is 2.24. The molecule has 0 unspecified atom stereocenters. The third-order valence-corrected chi connectivity index (χ3v) is 2.99. The molecule has 0 fully saturated rings. The molecule has 1 aromatic carbocycles. The third-order valence-electron chi connectivity index (χ3n) is 2.78. The first kappa shape index (κ1) is 11.5. The van der Waals surface area contributed by atoms with Gasteiger partial charge in [0.05, 0.1) is 10.9 Å². The summed E-state index contributed by atoms with van der Waals surface area (Å²) in [6.07, 6.45) is 0. The van der Waals surface area contributed by atoms with E-state index in [1.807, 2.05) is 0 Å². The lowest BCUT2D eigenvalue weighted by molar-refractivity contribution is -0.112. The van der Waals surface area contributed by atoms with E-state index < -0.39 is 17.3 Å². The Balaban J connectivity index is 2.50. The molecule has 2 aromatic rings. The summed E-state index contributed by atoms with van der Waals surface area (Å²) in [4.78, 5) is 32.4. The molecule has 0 radical (unpaired) electrons. The normalized spacial score (nSPS) is 13.3. The van der Waals surface area contributed by atoms with Crippen molar-refractivity contribution in [3.05, 3.63) is 55.5 Å². The predicted molar refractivity (Wildman–Crippen MR) is 68.7 cm³/mol. The number of carbonyl (C=O) groups is 1. The van der Waals surface area contributed by atoms with Crippen LogP contribution in [-0.4, -0.2) is 21.0 Å². The molecule has 0 saturated heterocycles. The Hall–Kier alpha value is -2.54. The number of hydrogen-bond donors (Lipinski definition) is 3. The van der Waals surface area contributed by atoms with E-state index in [0.29, 0.717) is 10.6 Å². The number of aromatic nitrogens is 2. The summed E-state index contributed by atoms with van der Waals surface area (Å²) in [6.45, 7) is 0. The highest BCUT2D eigenvalue weighted by Crippen LogP contribution is 2.18. The van der Waals surface area contributed by atoms with Gasteiger partial charge in [0.25, 0.3) is 11.5 Å². The molecule has 19 heavy (non-hydrogen) atoms. The maximum atomic E-state index is 11.9. The van der Waals surface area contributed by atoms with E-state index in [0.717, 1.165) is 0 Å². The average molecular weight is 273 g/mol. The maximum absolute atomic E-state index is 11.9. The van der Waals surface area contributed by atoms with Crippen molar-refractivity contribution in [3.63, 3.8) is 0 Å². The highest BCUT2D eigenvalue weighted by atomic mass is 32.1. The van der Waals surface area contributed by atoms with Gasteiger partial charge in [-0.15, -0.1) is 0 Å². The van der Waals surface area contributed by atoms with E-state index in [1.54, 1.807) is 24.3 Å². The minimum Gasteiger partial charge on any atom is -0.494 e. The van der Waals surface area contributed by atoms with E-state index in [9.17, 15) is 14.7 Å². The first-order chi connectivity index (χ1) is 9.08. The molecule has 3 rings (SSSR count). The fraction of sp³-hybridized carbons (Fsp3) is 0. The van der Waals surface area contributed by atoms with Crippen LogP contribution in [0.25, 0.3) is 5.57 Å². The van der Waals surface area contributed by atoms with Crippen molar-refractivity contribution >= 4 is 23.7 Å². The quantitative estimate of drug-likeness (QED) is 0.610. The fourth-order valence-corrected chi connectivity index (χ4v) is 2.20. The van der Waals surface area contributed by atoms with Crippen molar-refractivity contribution in [1.29, 1.82) is 0 Å². The van der Waals surface area contributed by atoms with E-state index in [2.05, 4.69) is 15.0 Å². The van der Waals surface area contributed by atoms with Crippen molar-refractivity contribution in [3.8, 4) is 5.88 Å². The van der Waals surface area contributed by atoms with Gasteiger partial charge in [0.15, 0.2) is 4.77 Å². The van der Waals surface area contributed by atoms with Crippen LogP contribution >= 0.6 is 12.2 Å². The molecule has 1 aliphatic heterocycles. The zero-order chi connectivity index (χ0) is 13.6. The van der Waals surface area contributed by atoms with E-state index >= 15 is 0 Å². The topological polar surface area (TPSA) is 98.3 Å². The molecular formula is C12H7N3O3S. The number of hydrogen-bond acceptors (Lipinski definition) is 4. The fourth-order valence-electron chi connectivity index (χ4n) is 2.01. The number of H-pyrrole nitrogens is 2. The van der Waals surface area contributed by atoms with Crippen molar-refractivity contribution < 1.29 is 9.90 Å². The third kappa shape index (κ3) is 1.71. The van der Waals surface area contributed by atoms with Crippen LogP contribution in [0.1, 0.15) is 5.56 Å². The summed E-state index contributed by atoms with van der Waals surface area (Å²) in [5, 5.41) is 10.8. The summed E-state index contributed by atoms with van der Waals surface area (Å²) < 4.78 is -0.0116. The minimum absolute atomic E-state index is 0.0116. The van der Waals surface area contributed by atoms with Gasteiger partial charge in [-0.2, -0.15) is 0 Å². The SMILES string of the molecule is O=C1N=c2ccccc2=C1c1c(O)[nH]c(=S)[nH]c1=O. The number of aromatic amines is 2. The zero-order valence-electron chi connectivity index (χ0n) is 9.43. The molecule has 0 saturated carbocycles. The van der Waals surface area contributed by atoms with Crippen molar-refractivity contribution in [1.82, 2.24) is 9.97 Å². The number of amides is 1. The van der Waals surface area contributed by atoms with Crippen LogP contribution < -0.4 is 16.1 Å². The Bertz CT molecular complexity index is 940. The second kappa shape index (κ2) is 3.99. The van der Waals surface area contributed by atoms with Gasteiger partial charge in [0, 0.05) is 5.22 Å². The molecule has 3 N–H and O–H groups in total. The minimum atomic E-state index is -0.628. The van der Waals surface area contributed by atoms with Crippen LogP contribution in [0.3, 0.4) is 0 Å². The number of nitrogens with zero attached hydrogens (tertiary/aromatic N) is 1. The lowest BCUT2D eigenvalue weighted by Gasteiger charge is -2.02. The number of para-hydroxylation sites is 1. The molecule has 0 aliphatic carbocycles. The second-order valence-corrected chi connectivity index (χ2v) is 4.35. The number of rotatable bonds is 1. The molecule has 94 valence electrons. The Labute approximate surface area is 110 Å². The first-order valence-electron chi connectivity index (χ1n) is 5.36. The maximum Gasteiger partial charge on any atom is 0.279 e. The van der Waals surface area contributed by atoms with Crippen molar-refractivity contribution in [2.45, 2.75) is 0 Å². The Morgan fingerprint density at radius 3 is 2.63 bits per heavy atom. The molecule has 7 heteroatoms. The first-order valence-corrected chi connectivity index (χ1v) is 5.77. The van der Waals surface area contributed by atoms with Gasteiger partial charge in [0.2, 0.25) is 5.88 Å². The van der Waals surface area contributed by atoms with Crippen LogP contribution in [0.2, 0.25) is 0 Å². The lowest BCUT2D eigenvalue weighted by atomic mass is 10.1. The molecule has 0 atom stereocenters. The number of carbonyl (C=O) groups excluding carboxylic acids is 1. The number of fused-ring (bicyclic) bond motifs is 1. The predicted octanol–water partition coefficient (Wildman–Crippen LogP) is -0.503. The summed E-state index contributed by atoms with van der Waals surface area (Å²) >= 11 is 4.74. The van der Waals surface area contributed by atoms with E-state index in [1.165, 1.54) is 0 Å². The molecule has 1 aliphatic rings. The summed E-state index contributed by atoms with van der Waals surface area (Å²) in [6, 6.07) is 6.79. The van der Waals surface area contributed by atoms with Crippen molar-refractivity contribution in [2.24, 2.45) is 4.99 Å². The van der Waals surface area contributed by atoms with E-state index in [4.69, 9.17) is 12.2 Å². The number of benzene rings is 1. The molecule has 0 spiro atoms. The zero-order valence-corrected chi connectivity index (χ0v) is 10.2. The van der Waals surface area contributed by atoms with Crippen molar-refractivity contribution in [2.75, 3.05) is 0 Å². The van der Waals surface area contributed by atoms with Crippen LogP contribution in [-0.2, 0) is 4.79 Å². The van der Waals surface area contributed by atoms with Gasteiger partial charge in [-0.05, 0) is 18.3 Å². The van der Waals surface area contributed by atoms with Gasteiger partial charge >= 0.3 is 0 Å². The summed E-state index contributed by atoms with van der Waals surface area (Å²) in [7, 11) is 0. The van der Waals surface area contributed by atoms with Gasteiger partial charge in [-0.1, -0.05) is 18.2 Å². The Kier molecular flexibility index (Phi) is 2.42. The lowest BCUT2D eigenvalue weighted by Crippen LogP contribution is -2.25. The average Bonchev–Trinajstić information content (AvgIpc) is 2.65. The van der Waals surface area contributed by atoms with Crippen LogP contribution in [0.4, 0.5) is 0 Å². The molecule has 1 aromatic heterocycles. The van der Waals surface area contributed by atoms with Gasteiger partial charge < -0.3 is 10.1 Å². The second-order valence-electron chi connectivity index (χ2n) is 3.94. The standard InChI is InChI=1S/C12H7N3O3S/c16-9-7(5-3-1-2-4-6(5)13-9)8-10(17)14-12(19)15-11(8)18/h1-4H,(H3,14,15,17,18,19). The molecule has 2 heterocycles. The van der Waals surface area contributed by atoms with Crippen LogP contribution in [0.5, 0.6) is 5.88 Å². The summed E-state index contributed by atoms with van der Waals surface area (Å²) in [5.41, 5.74) is -0.704. The number of nitrogens with one attached hydrogen (secondary N) is 2. The number of aromatic hydroxyl groups is 1. The van der Waals surface area contributed by atoms with Gasteiger partial charge in [-0.3, -0.25) is 14.6 Å². The smallest absolute Gasteiger partial charge is 0.279 e. The molecule has 0 bridgehead atoms. The molecule has 1 amide bonds. The Morgan fingerprint density at radius 1 is 1.16 bits per heavy atom. The van der Waals surface area contributed by atoms with Gasteiger partial charge in [0.1, 0.15) is 5.56 Å². The van der Waals surface area contributed by atoms with Gasteiger partial charge in [-0.25, -0.2) is 4.99 Å². The Morgan fingerprint density at radius 2 is 1.89 bits per heavy atom. The molecular weight excluding hydrogens is 266 g/mol. The van der Waals surface area contributed by atoms with Crippen LogP contribution in [0.15, 0.2) is 34.1 Å². The van der Waals surface area contributed by atoms with Crippen LogP contribution in [0, 0.1) is 4.77 Å². The molecule has 6 nitrogen and oxygen atoms in total. The largest absolute Gasteiger partial charge is 0.494 e. The highest BCUT2D eigenvalue weighted by molar-refractivity contribution is 7.71. The van der Waals surface area contributed by atoms with E-state index in [-0.39, 0.29) is 15.9 Å². The summed E-state index contributed by atoms with van der Waals surface area (Å²) in [5.74, 6) is -1.00.